The number of carbonyl (C=O) groups is 1. The molecule has 0 amide bonds. The highest BCUT2D eigenvalue weighted by atomic mass is 32.2. The Hall–Kier alpha value is -2.34. The van der Waals surface area contributed by atoms with Gasteiger partial charge in [-0.25, -0.2) is 14.3 Å². The maximum Gasteiger partial charge on any atom is 0.336 e. The minimum absolute atomic E-state index is 0.280. The molecule has 2 heterocycles. The van der Waals surface area contributed by atoms with Crippen LogP contribution in [0.3, 0.4) is 0 Å². The first-order chi connectivity index (χ1) is 9.24. The lowest BCUT2D eigenvalue weighted by atomic mass is 10.2. The standard InChI is InChI=1S/C13H9N3O2S/c17-13(18)9-3-1-2-4-10(9)19-12-6-8-16-11(15-12)5-7-14-16/h1-8H,(H,17,18). The predicted octanol–water partition coefficient (Wildman–Crippen LogP) is 2.58. The summed E-state index contributed by atoms with van der Waals surface area (Å²) in [6.07, 6.45) is 3.47. The van der Waals surface area contributed by atoms with Crippen molar-refractivity contribution in [3.8, 4) is 0 Å². The van der Waals surface area contributed by atoms with E-state index in [0.717, 1.165) is 10.7 Å². The lowest BCUT2D eigenvalue weighted by Crippen LogP contribution is -1.98. The molecular weight excluding hydrogens is 262 g/mol. The van der Waals surface area contributed by atoms with E-state index >= 15 is 0 Å². The van der Waals surface area contributed by atoms with Crippen LogP contribution in [0.1, 0.15) is 10.4 Å². The number of hydrogen-bond acceptors (Lipinski definition) is 4. The summed E-state index contributed by atoms with van der Waals surface area (Å²) in [5.41, 5.74) is 1.01. The number of rotatable bonds is 3. The van der Waals surface area contributed by atoms with Crippen molar-refractivity contribution in [1.82, 2.24) is 14.6 Å². The fourth-order valence-corrected chi connectivity index (χ4v) is 2.60. The summed E-state index contributed by atoms with van der Waals surface area (Å²) in [6, 6.07) is 10.5. The van der Waals surface area contributed by atoms with E-state index in [0.29, 0.717) is 4.90 Å². The van der Waals surface area contributed by atoms with Gasteiger partial charge in [-0.15, -0.1) is 0 Å². The molecule has 1 N–H and O–H groups in total. The van der Waals surface area contributed by atoms with Gasteiger partial charge in [0, 0.05) is 17.2 Å². The molecule has 0 atom stereocenters. The van der Waals surface area contributed by atoms with E-state index < -0.39 is 5.97 Å². The van der Waals surface area contributed by atoms with Crippen molar-refractivity contribution in [2.75, 3.05) is 0 Å². The van der Waals surface area contributed by atoms with E-state index in [9.17, 15) is 4.79 Å². The Morgan fingerprint density at radius 1 is 1.21 bits per heavy atom. The zero-order valence-electron chi connectivity index (χ0n) is 9.72. The predicted molar refractivity (Wildman–Crippen MR) is 70.5 cm³/mol. The van der Waals surface area contributed by atoms with Crippen LogP contribution in [0, 0.1) is 0 Å². The summed E-state index contributed by atoms with van der Waals surface area (Å²) >= 11 is 1.33. The zero-order valence-corrected chi connectivity index (χ0v) is 10.5. The van der Waals surface area contributed by atoms with Crippen LogP contribution in [0.15, 0.2) is 58.7 Å². The monoisotopic (exact) mass is 271 g/mol. The lowest BCUT2D eigenvalue weighted by molar-refractivity contribution is 0.0693. The molecular formula is C13H9N3O2S. The Bertz CT molecular complexity index is 754. The van der Waals surface area contributed by atoms with Crippen LogP contribution in [0.4, 0.5) is 0 Å². The summed E-state index contributed by atoms with van der Waals surface area (Å²) < 4.78 is 1.66. The van der Waals surface area contributed by atoms with E-state index in [4.69, 9.17) is 5.11 Å². The molecule has 0 saturated carbocycles. The largest absolute Gasteiger partial charge is 0.478 e. The summed E-state index contributed by atoms with van der Waals surface area (Å²) in [4.78, 5) is 16.2. The SMILES string of the molecule is O=C(O)c1ccccc1Sc1ccn2nccc2n1. The quantitative estimate of drug-likeness (QED) is 0.741. The number of nitrogens with zero attached hydrogens (tertiary/aromatic N) is 3. The number of benzene rings is 1. The average molecular weight is 271 g/mol. The number of aromatic carboxylic acids is 1. The van der Waals surface area contributed by atoms with Crippen molar-refractivity contribution in [3.63, 3.8) is 0 Å². The van der Waals surface area contributed by atoms with Crippen molar-refractivity contribution >= 4 is 23.4 Å². The van der Waals surface area contributed by atoms with E-state index in [1.807, 2.05) is 12.1 Å². The van der Waals surface area contributed by atoms with Gasteiger partial charge in [-0.1, -0.05) is 23.9 Å². The molecule has 0 saturated heterocycles. The molecule has 0 aliphatic heterocycles. The first-order valence-corrected chi connectivity index (χ1v) is 6.36. The molecule has 0 bridgehead atoms. The first-order valence-electron chi connectivity index (χ1n) is 5.54. The maximum absolute atomic E-state index is 11.1. The molecule has 0 aliphatic rings. The minimum Gasteiger partial charge on any atom is -0.478 e. The van der Waals surface area contributed by atoms with Crippen LogP contribution in [0.25, 0.3) is 5.65 Å². The molecule has 0 radical (unpaired) electrons. The van der Waals surface area contributed by atoms with E-state index in [2.05, 4.69) is 10.1 Å². The molecule has 1 aromatic carbocycles. The normalized spacial score (nSPS) is 10.7. The third-order valence-electron chi connectivity index (χ3n) is 2.56. The second kappa shape index (κ2) is 4.74. The van der Waals surface area contributed by atoms with Crippen LogP contribution in [-0.4, -0.2) is 25.7 Å². The van der Waals surface area contributed by atoms with Crippen molar-refractivity contribution in [3.05, 3.63) is 54.4 Å². The van der Waals surface area contributed by atoms with Gasteiger partial charge in [-0.3, -0.25) is 0 Å². The molecule has 0 fully saturated rings. The van der Waals surface area contributed by atoms with Gasteiger partial charge in [0.05, 0.1) is 11.8 Å². The van der Waals surface area contributed by atoms with Gasteiger partial charge in [0.15, 0.2) is 5.65 Å². The molecule has 6 heteroatoms. The summed E-state index contributed by atoms with van der Waals surface area (Å²) in [5, 5.41) is 13.9. The van der Waals surface area contributed by atoms with Crippen molar-refractivity contribution < 1.29 is 9.90 Å². The summed E-state index contributed by atoms with van der Waals surface area (Å²) in [7, 11) is 0. The lowest BCUT2D eigenvalue weighted by Gasteiger charge is -2.04. The van der Waals surface area contributed by atoms with Gasteiger partial charge in [0.25, 0.3) is 0 Å². The Kier molecular flexibility index (Phi) is 2.92. The smallest absolute Gasteiger partial charge is 0.336 e. The van der Waals surface area contributed by atoms with Crippen LogP contribution < -0.4 is 0 Å². The van der Waals surface area contributed by atoms with Crippen molar-refractivity contribution in [1.29, 1.82) is 0 Å². The molecule has 5 nitrogen and oxygen atoms in total. The number of fused-ring (bicyclic) bond motifs is 1. The van der Waals surface area contributed by atoms with Gasteiger partial charge in [-0.05, 0) is 18.2 Å². The Morgan fingerprint density at radius 2 is 2.05 bits per heavy atom. The summed E-state index contributed by atoms with van der Waals surface area (Å²) in [6.45, 7) is 0. The third-order valence-corrected chi connectivity index (χ3v) is 3.58. The van der Waals surface area contributed by atoms with Gasteiger partial charge < -0.3 is 5.11 Å². The second-order valence-corrected chi connectivity index (χ2v) is 4.87. The third kappa shape index (κ3) is 2.30. The molecule has 94 valence electrons. The highest BCUT2D eigenvalue weighted by Crippen LogP contribution is 2.29. The first kappa shape index (κ1) is 11.7. The van der Waals surface area contributed by atoms with E-state index in [-0.39, 0.29) is 5.56 Å². The number of aromatic nitrogens is 3. The van der Waals surface area contributed by atoms with Gasteiger partial charge in [-0.2, -0.15) is 5.10 Å². The van der Waals surface area contributed by atoms with Crippen LogP contribution in [0.5, 0.6) is 0 Å². The highest BCUT2D eigenvalue weighted by Gasteiger charge is 2.11. The summed E-state index contributed by atoms with van der Waals surface area (Å²) in [5.74, 6) is -0.937. The highest BCUT2D eigenvalue weighted by molar-refractivity contribution is 7.99. The zero-order chi connectivity index (χ0) is 13.2. The van der Waals surface area contributed by atoms with E-state index in [1.54, 1.807) is 41.2 Å². The molecule has 19 heavy (non-hydrogen) atoms. The van der Waals surface area contributed by atoms with Gasteiger partial charge in [0.1, 0.15) is 5.03 Å². The van der Waals surface area contributed by atoms with Gasteiger partial charge in [0.2, 0.25) is 0 Å². The number of carboxylic acid groups (broad SMARTS) is 1. The maximum atomic E-state index is 11.1. The minimum atomic E-state index is -0.937. The number of carboxylic acids is 1. The molecule has 3 aromatic rings. The average Bonchev–Trinajstić information content (AvgIpc) is 2.86. The molecule has 2 aromatic heterocycles. The topological polar surface area (TPSA) is 67.5 Å². The Morgan fingerprint density at radius 3 is 2.89 bits per heavy atom. The van der Waals surface area contributed by atoms with Crippen molar-refractivity contribution in [2.24, 2.45) is 0 Å². The van der Waals surface area contributed by atoms with Crippen molar-refractivity contribution in [2.45, 2.75) is 9.92 Å². The van der Waals surface area contributed by atoms with Crippen LogP contribution in [-0.2, 0) is 0 Å². The molecule has 3 rings (SSSR count). The fraction of sp³-hybridized carbons (Fsp3) is 0. The van der Waals surface area contributed by atoms with Crippen LogP contribution >= 0.6 is 11.8 Å². The molecule has 0 aliphatic carbocycles. The van der Waals surface area contributed by atoms with E-state index in [1.165, 1.54) is 11.8 Å². The van der Waals surface area contributed by atoms with Crippen LogP contribution in [0.2, 0.25) is 0 Å². The Balaban J connectivity index is 1.98. The molecule has 0 spiro atoms. The van der Waals surface area contributed by atoms with Gasteiger partial charge >= 0.3 is 5.97 Å². The number of hydrogen-bond donors (Lipinski definition) is 1. The second-order valence-electron chi connectivity index (χ2n) is 3.80. The Labute approximate surface area is 112 Å². The fourth-order valence-electron chi connectivity index (χ4n) is 1.70. The molecule has 0 unspecified atom stereocenters.